The first-order valence-corrected chi connectivity index (χ1v) is 8.09. The summed E-state index contributed by atoms with van der Waals surface area (Å²) in [5.41, 5.74) is 0. The van der Waals surface area contributed by atoms with Gasteiger partial charge in [0.25, 0.3) is 0 Å². The van der Waals surface area contributed by atoms with Gasteiger partial charge in [0.15, 0.2) is 0 Å². The Labute approximate surface area is 123 Å². The standard InChI is InChI=1S/C13H22N2O4S/c16-11(8-15-10-20-9-12(15)17)14-7-5-3-1-2-4-6-13(18)19/h1-10H2,(H,14,16)(H,18,19). The van der Waals surface area contributed by atoms with Gasteiger partial charge in [-0.3, -0.25) is 14.4 Å². The summed E-state index contributed by atoms with van der Waals surface area (Å²) in [5, 5.41) is 11.3. The molecule has 0 aromatic carbocycles. The van der Waals surface area contributed by atoms with Crippen LogP contribution in [0.4, 0.5) is 0 Å². The molecule has 1 aliphatic rings. The van der Waals surface area contributed by atoms with E-state index in [0.29, 0.717) is 18.2 Å². The molecule has 0 unspecified atom stereocenters. The molecule has 0 aromatic heterocycles. The van der Waals surface area contributed by atoms with Gasteiger partial charge in [0, 0.05) is 13.0 Å². The molecule has 1 rings (SSSR count). The van der Waals surface area contributed by atoms with Gasteiger partial charge in [0.2, 0.25) is 11.8 Å². The molecule has 0 spiro atoms. The van der Waals surface area contributed by atoms with Crippen molar-refractivity contribution in [3.05, 3.63) is 0 Å². The average molecular weight is 302 g/mol. The van der Waals surface area contributed by atoms with E-state index in [1.807, 2.05) is 0 Å². The van der Waals surface area contributed by atoms with Crippen LogP contribution in [0.5, 0.6) is 0 Å². The van der Waals surface area contributed by atoms with E-state index in [2.05, 4.69) is 5.32 Å². The molecule has 0 saturated carbocycles. The summed E-state index contributed by atoms with van der Waals surface area (Å²) in [5.74, 6) is 0.265. The molecule has 6 nitrogen and oxygen atoms in total. The van der Waals surface area contributed by atoms with Gasteiger partial charge < -0.3 is 15.3 Å². The number of amides is 2. The molecule has 20 heavy (non-hydrogen) atoms. The van der Waals surface area contributed by atoms with Gasteiger partial charge in [0.1, 0.15) is 6.54 Å². The molecule has 0 radical (unpaired) electrons. The smallest absolute Gasteiger partial charge is 0.303 e. The second-order valence-corrected chi connectivity index (χ2v) is 5.79. The largest absolute Gasteiger partial charge is 0.481 e. The third-order valence-electron chi connectivity index (χ3n) is 3.05. The minimum atomic E-state index is -0.744. The maximum Gasteiger partial charge on any atom is 0.303 e. The maximum absolute atomic E-state index is 11.6. The fraction of sp³-hybridized carbons (Fsp3) is 0.769. The number of thioether (sulfide) groups is 1. The Morgan fingerprint density at radius 3 is 2.55 bits per heavy atom. The van der Waals surface area contributed by atoms with Crippen molar-refractivity contribution in [3.63, 3.8) is 0 Å². The lowest BCUT2D eigenvalue weighted by molar-refractivity contribution is -0.137. The molecule has 114 valence electrons. The van der Waals surface area contributed by atoms with Gasteiger partial charge in [-0.25, -0.2) is 0 Å². The van der Waals surface area contributed by atoms with Crippen molar-refractivity contribution in [1.29, 1.82) is 0 Å². The third-order valence-corrected chi connectivity index (χ3v) is 3.99. The number of rotatable bonds is 10. The van der Waals surface area contributed by atoms with Crippen molar-refractivity contribution in [2.24, 2.45) is 0 Å². The first kappa shape index (κ1) is 16.8. The van der Waals surface area contributed by atoms with E-state index in [-0.39, 0.29) is 24.8 Å². The number of nitrogens with zero attached hydrogens (tertiary/aromatic N) is 1. The number of carbonyl (C=O) groups excluding carboxylic acids is 2. The van der Waals surface area contributed by atoms with Gasteiger partial charge in [-0.05, 0) is 12.8 Å². The lowest BCUT2D eigenvalue weighted by Crippen LogP contribution is -2.38. The maximum atomic E-state index is 11.6. The summed E-state index contributed by atoms with van der Waals surface area (Å²) in [6.07, 6.45) is 4.74. The number of carboxylic acid groups (broad SMARTS) is 1. The van der Waals surface area contributed by atoms with Gasteiger partial charge in [-0.15, -0.1) is 11.8 Å². The van der Waals surface area contributed by atoms with E-state index in [0.717, 1.165) is 32.1 Å². The highest BCUT2D eigenvalue weighted by Crippen LogP contribution is 2.13. The topological polar surface area (TPSA) is 86.7 Å². The summed E-state index contributed by atoms with van der Waals surface area (Å²) in [6, 6.07) is 0. The zero-order valence-corrected chi connectivity index (χ0v) is 12.4. The van der Waals surface area contributed by atoms with Crippen LogP contribution >= 0.6 is 11.8 Å². The van der Waals surface area contributed by atoms with E-state index in [1.165, 1.54) is 11.8 Å². The van der Waals surface area contributed by atoms with Crippen LogP contribution in [0.1, 0.15) is 38.5 Å². The predicted octanol–water partition coefficient (Wildman–Crippen LogP) is 1.06. The number of unbranched alkanes of at least 4 members (excludes halogenated alkanes) is 4. The SMILES string of the molecule is O=C(O)CCCCCCCNC(=O)CN1CSCC1=O. The third kappa shape index (κ3) is 7.37. The Morgan fingerprint density at radius 2 is 1.90 bits per heavy atom. The molecular formula is C13H22N2O4S. The molecule has 0 bridgehead atoms. The van der Waals surface area contributed by atoms with E-state index < -0.39 is 5.97 Å². The summed E-state index contributed by atoms with van der Waals surface area (Å²) in [7, 11) is 0. The lowest BCUT2D eigenvalue weighted by Gasteiger charge is -2.14. The Balaban J connectivity index is 1.92. The molecular weight excluding hydrogens is 280 g/mol. The van der Waals surface area contributed by atoms with Gasteiger partial charge >= 0.3 is 5.97 Å². The Bertz CT molecular complexity index is 349. The first-order valence-electron chi connectivity index (χ1n) is 6.93. The molecule has 1 saturated heterocycles. The normalized spacial score (nSPS) is 14.6. The van der Waals surface area contributed by atoms with Crippen LogP contribution in [0.2, 0.25) is 0 Å². The number of aliphatic carboxylic acids is 1. The molecule has 1 heterocycles. The number of hydrogen-bond acceptors (Lipinski definition) is 4. The number of nitrogens with one attached hydrogen (secondary N) is 1. The molecule has 0 aliphatic carbocycles. The molecule has 1 fully saturated rings. The molecule has 7 heteroatoms. The second-order valence-electron chi connectivity index (χ2n) is 4.83. The van der Waals surface area contributed by atoms with Crippen LogP contribution in [0.25, 0.3) is 0 Å². The van der Waals surface area contributed by atoms with E-state index >= 15 is 0 Å². The second kappa shape index (κ2) is 9.63. The average Bonchev–Trinajstić information content (AvgIpc) is 2.78. The summed E-state index contributed by atoms with van der Waals surface area (Å²) < 4.78 is 0. The van der Waals surface area contributed by atoms with Crippen molar-refractivity contribution in [2.45, 2.75) is 38.5 Å². The van der Waals surface area contributed by atoms with E-state index in [9.17, 15) is 14.4 Å². The number of carboxylic acids is 1. The summed E-state index contributed by atoms with van der Waals surface area (Å²) >= 11 is 1.53. The van der Waals surface area contributed by atoms with Crippen LogP contribution in [-0.2, 0) is 14.4 Å². The summed E-state index contributed by atoms with van der Waals surface area (Å²) in [4.78, 5) is 34.8. The monoisotopic (exact) mass is 302 g/mol. The highest BCUT2D eigenvalue weighted by molar-refractivity contribution is 8.00. The van der Waals surface area contributed by atoms with Gasteiger partial charge in [0.05, 0.1) is 11.6 Å². The fourth-order valence-electron chi connectivity index (χ4n) is 1.93. The minimum absolute atomic E-state index is 0.0311. The molecule has 2 N–H and O–H groups in total. The number of hydrogen-bond donors (Lipinski definition) is 2. The predicted molar refractivity (Wildman–Crippen MR) is 77.4 cm³/mol. The Hall–Kier alpha value is -1.24. The van der Waals surface area contributed by atoms with Crippen molar-refractivity contribution < 1.29 is 19.5 Å². The quantitative estimate of drug-likeness (QED) is 0.589. The lowest BCUT2D eigenvalue weighted by atomic mass is 10.1. The molecule has 0 atom stereocenters. The van der Waals surface area contributed by atoms with Crippen LogP contribution in [0, 0.1) is 0 Å². The van der Waals surface area contributed by atoms with Crippen LogP contribution < -0.4 is 5.32 Å². The minimum Gasteiger partial charge on any atom is -0.481 e. The van der Waals surface area contributed by atoms with Gasteiger partial charge in [-0.1, -0.05) is 19.3 Å². The highest BCUT2D eigenvalue weighted by Gasteiger charge is 2.22. The van der Waals surface area contributed by atoms with Crippen molar-refractivity contribution in [1.82, 2.24) is 10.2 Å². The highest BCUT2D eigenvalue weighted by atomic mass is 32.2. The van der Waals surface area contributed by atoms with Crippen molar-refractivity contribution in [2.75, 3.05) is 24.7 Å². The Kier molecular flexibility index (Phi) is 8.10. The van der Waals surface area contributed by atoms with Crippen LogP contribution in [0.15, 0.2) is 0 Å². The van der Waals surface area contributed by atoms with Crippen molar-refractivity contribution in [3.8, 4) is 0 Å². The fourth-order valence-corrected chi connectivity index (χ4v) is 2.83. The first-order chi connectivity index (χ1) is 9.59. The van der Waals surface area contributed by atoms with Gasteiger partial charge in [-0.2, -0.15) is 0 Å². The summed E-state index contributed by atoms with van der Waals surface area (Å²) in [6.45, 7) is 0.775. The molecule has 0 aromatic rings. The van der Waals surface area contributed by atoms with Crippen LogP contribution in [0.3, 0.4) is 0 Å². The van der Waals surface area contributed by atoms with E-state index in [1.54, 1.807) is 4.90 Å². The van der Waals surface area contributed by atoms with E-state index in [4.69, 9.17) is 5.11 Å². The van der Waals surface area contributed by atoms with Crippen LogP contribution in [-0.4, -0.2) is 52.5 Å². The Morgan fingerprint density at radius 1 is 1.20 bits per heavy atom. The molecule has 2 amide bonds. The van der Waals surface area contributed by atoms with Crippen molar-refractivity contribution >= 4 is 29.5 Å². The number of carbonyl (C=O) groups is 3. The molecule has 1 aliphatic heterocycles. The zero-order valence-electron chi connectivity index (χ0n) is 11.6. The zero-order chi connectivity index (χ0) is 14.8.